The number of halogens is 1. The fraction of sp³-hybridized carbons (Fsp3) is 0.395. The van der Waals surface area contributed by atoms with Crippen molar-refractivity contribution in [2.24, 2.45) is 0 Å². The van der Waals surface area contributed by atoms with Crippen molar-refractivity contribution in [2.75, 3.05) is 19.8 Å². The van der Waals surface area contributed by atoms with Gasteiger partial charge in [0.05, 0.1) is 23.6 Å². The van der Waals surface area contributed by atoms with E-state index in [2.05, 4.69) is 6.58 Å². The summed E-state index contributed by atoms with van der Waals surface area (Å²) in [5.41, 5.74) is 2.45. The van der Waals surface area contributed by atoms with Crippen LogP contribution in [0.1, 0.15) is 55.5 Å². The number of amides is 2. The summed E-state index contributed by atoms with van der Waals surface area (Å²) in [5.74, 6) is -0.938. The van der Waals surface area contributed by atoms with Gasteiger partial charge in [-0.25, -0.2) is 22.4 Å². The average Bonchev–Trinajstić information content (AvgIpc) is 3.09. The van der Waals surface area contributed by atoms with Crippen LogP contribution in [0.5, 0.6) is 0 Å². The van der Waals surface area contributed by atoms with Gasteiger partial charge in [-0.3, -0.25) is 4.79 Å². The molecule has 2 heterocycles. The fourth-order valence-corrected chi connectivity index (χ4v) is 7.86. The van der Waals surface area contributed by atoms with Gasteiger partial charge in [0.25, 0.3) is 15.9 Å². The quantitative estimate of drug-likeness (QED) is 0.193. The van der Waals surface area contributed by atoms with Gasteiger partial charge in [-0.05, 0) is 75.1 Å². The van der Waals surface area contributed by atoms with E-state index in [1.54, 1.807) is 56.9 Å². The van der Waals surface area contributed by atoms with Crippen LogP contribution in [0.25, 0.3) is 0 Å². The number of hydrogen-bond donors (Lipinski definition) is 1. The molecule has 0 spiro atoms. The van der Waals surface area contributed by atoms with Crippen LogP contribution in [0.15, 0.2) is 90.3 Å². The van der Waals surface area contributed by atoms with Crippen LogP contribution >= 0.6 is 0 Å². The number of sulfonamides is 1. The first-order chi connectivity index (χ1) is 24.6. The molecule has 2 aliphatic heterocycles. The zero-order valence-corrected chi connectivity index (χ0v) is 30.3. The second-order valence-electron chi connectivity index (χ2n) is 13.7. The highest BCUT2D eigenvalue weighted by atomic mass is 32.2. The lowest BCUT2D eigenvalue weighted by Crippen LogP contribution is -2.59. The third-order valence-corrected chi connectivity index (χ3v) is 10.6. The predicted molar refractivity (Wildman–Crippen MR) is 188 cm³/mol. The lowest BCUT2D eigenvalue weighted by molar-refractivity contribution is -0.166. The normalized spacial score (nSPS) is 21.0. The van der Waals surface area contributed by atoms with Crippen molar-refractivity contribution in [1.29, 1.82) is 0 Å². The van der Waals surface area contributed by atoms with E-state index in [1.165, 1.54) is 30.3 Å². The number of carbonyl (C=O) groups is 3. The van der Waals surface area contributed by atoms with E-state index in [0.717, 1.165) is 16.7 Å². The Morgan fingerprint density at radius 1 is 1.08 bits per heavy atom. The standard InChI is InChI=1S/C38H43FN2O10S/c1-6-28(22-49-37(45)51-38(3,4)5)50-33-23-48-32(21-31(33)41(36(43)44)52(46,47)29-17-11-24(2)12-18-29)35(42)40-20-19-25-9-7-8-10-30(25)34(40)26-13-15-27(39)16-14-26/h6-18,28,31-34H,1,19-23H2,2-5H3,(H,43,44)/t28?,31-,32+,33-,34-/m0/s1. The minimum Gasteiger partial charge on any atom is -0.464 e. The molecule has 3 aromatic rings. The molecule has 0 radical (unpaired) electrons. The molecule has 1 N–H and O–H groups in total. The van der Waals surface area contributed by atoms with Crippen molar-refractivity contribution in [3.63, 3.8) is 0 Å². The van der Waals surface area contributed by atoms with Gasteiger partial charge in [-0.2, -0.15) is 4.31 Å². The summed E-state index contributed by atoms with van der Waals surface area (Å²) in [4.78, 5) is 41.0. The Morgan fingerprint density at radius 3 is 2.38 bits per heavy atom. The Hall–Kier alpha value is -4.79. The van der Waals surface area contributed by atoms with Crippen LogP contribution in [0, 0.1) is 12.7 Å². The summed E-state index contributed by atoms with van der Waals surface area (Å²) in [6.07, 6.45) is -4.89. The highest BCUT2D eigenvalue weighted by Crippen LogP contribution is 2.37. The Balaban J connectivity index is 1.48. The molecule has 2 aliphatic rings. The highest BCUT2D eigenvalue weighted by Gasteiger charge is 2.48. The molecule has 14 heteroatoms. The molecule has 0 bridgehead atoms. The third kappa shape index (κ3) is 8.80. The summed E-state index contributed by atoms with van der Waals surface area (Å²) in [7, 11) is -4.70. The van der Waals surface area contributed by atoms with E-state index in [4.69, 9.17) is 18.9 Å². The molecule has 0 saturated carbocycles. The number of carbonyl (C=O) groups excluding carboxylic acids is 2. The lowest BCUT2D eigenvalue weighted by atomic mass is 9.87. The Labute approximate surface area is 302 Å². The maximum absolute atomic E-state index is 14.5. The number of aryl methyl sites for hydroxylation is 1. The number of carboxylic acid groups (broad SMARTS) is 1. The largest absolute Gasteiger partial charge is 0.508 e. The topological polar surface area (TPSA) is 149 Å². The fourth-order valence-electron chi connectivity index (χ4n) is 6.37. The van der Waals surface area contributed by atoms with Crippen molar-refractivity contribution in [3.8, 4) is 0 Å². The second kappa shape index (κ2) is 15.8. The first-order valence-electron chi connectivity index (χ1n) is 16.8. The number of fused-ring (bicyclic) bond motifs is 1. The molecule has 1 saturated heterocycles. The van der Waals surface area contributed by atoms with Crippen molar-refractivity contribution in [3.05, 3.63) is 114 Å². The lowest BCUT2D eigenvalue weighted by Gasteiger charge is -2.44. The minimum absolute atomic E-state index is 0.271. The van der Waals surface area contributed by atoms with E-state index in [9.17, 15) is 32.3 Å². The van der Waals surface area contributed by atoms with Crippen molar-refractivity contribution in [1.82, 2.24) is 9.21 Å². The molecular weight excluding hydrogens is 695 g/mol. The Morgan fingerprint density at radius 2 is 1.75 bits per heavy atom. The zero-order chi connectivity index (χ0) is 37.8. The van der Waals surface area contributed by atoms with Crippen LogP contribution in [0.3, 0.4) is 0 Å². The molecule has 5 rings (SSSR count). The molecule has 0 aliphatic carbocycles. The molecule has 1 fully saturated rings. The first-order valence-corrected chi connectivity index (χ1v) is 18.3. The summed E-state index contributed by atoms with van der Waals surface area (Å²) in [6, 6.07) is 17.1. The van der Waals surface area contributed by atoms with Crippen LogP contribution in [0.2, 0.25) is 0 Å². The summed E-state index contributed by atoms with van der Waals surface area (Å²) in [6.45, 7) is 9.97. The van der Waals surface area contributed by atoms with Gasteiger partial charge in [-0.1, -0.05) is 60.2 Å². The molecule has 278 valence electrons. The smallest absolute Gasteiger partial charge is 0.464 e. The molecule has 0 aromatic heterocycles. The van der Waals surface area contributed by atoms with Crippen LogP contribution < -0.4 is 0 Å². The molecule has 1 unspecified atom stereocenters. The Bertz CT molecular complexity index is 1880. The van der Waals surface area contributed by atoms with Gasteiger partial charge >= 0.3 is 12.2 Å². The SMILES string of the molecule is C=CC(COC(=O)OC(C)(C)C)O[C@H]1CO[C@@H](C(=O)N2CCc3ccccc3[C@@H]2c2ccc(F)cc2)C[C@@H]1N(C(=O)O)S(=O)(=O)c1ccc(C)cc1. The van der Waals surface area contributed by atoms with Gasteiger partial charge in [0, 0.05) is 13.0 Å². The zero-order valence-electron chi connectivity index (χ0n) is 29.4. The number of benzene rings is 3. The van der Waals surface area contributed by atoms with Gasteiger partial charge in [-0.15, -0.1) is 6.58 Å². The predicted octanol–water partition coefficient (Wildman–Crippen LogP) is 6.03. The Kier molecular flexibility index (Phi) is 11.7. The maximum Gasteiger partial charge on any atom is 0.508 e. The van der Waals surface area contributed by atoms with Crippen molar-refractivity contribution >= 4 is 28.2 Å². The van der Waals surface area contributed by atoms with E-state index in [1.807, 2.05) is 24.3 Å². The van der Waals surface area contributed by atoms with Crippen LogP contribution in [-0.2, 0) is 40.2 Å². The number of rotatable bonds is 10. The average molecular weight is 739 g/mol. The van der Waals surface area contributed by atoms with E-state index in [0.29, 0.717) is 16.3 Å². The third-order valence-electron chi connectivity index (χ3n) is 8.81. The molecule has 12 nitrogen and oxygen atoms in total. The van der Waals surface area contributed by atoms with Crippen LogP contribution in [-0.4, -0.2) is 90.6 Å². The van der Waals surface area contributed by atoms with Gasteiger partial charge in [0.2, 0.25) is 0 Å². The van der Waals surface area contributed by atoms with E-state index < -0.39 is 83.0 Å². The van der Waals surface area contributed by atoms with Crippen molar-refractivity contribution < 1.29 is 51.2 Å². The molecule has 5 atom stereocenters. The summed E-state index contributed by atoms with van der Waals surface area (Å²) >= 11 is 0. The monoisotopic (exact) mass is 738 g/mol. The first kappa shape index (κ1) is 38.4. The number of nitrogens with zero attached hydrogens (tertiary/aromatic N) is 2. The van der Waals surface area contributed by atoms with Gasteiger partial charge in [0.1, 0.15) is 36.3 Å². The highest BCUT2D eigenvalue weighted by molar-refractivity contribution is 7.89. The van der Waals surface area contributed by atoms with Crippen LogP contribution in [0.4, 0.5) is 14.0 Å². The minimum atomic E-state index is -4.70. The molecule has 2 amide bonds. The number of ether oxygens (including phenoxy) is 4. The maximum atomic E-state index is 14.5. The van der Waals surface area contributed by atoms with E-state index in [-0.39, 0.29) is 18.0 Å². The molecule has 52 heavy (non-hydrogen) atoms. The van der Waals surface area contributed by atoms with E-state index >= 15 is 0 Å². The molecular formula is C38H43FN2O10S. The summed E-state index contributed by atoms with van der Waals surface area (Å²) in [5, 5.41) is 10.5. The van der Waals surface area contributed by atoms with Crippen molar-refractivity contribution in [2.45, 2.75) is 81.4 Å². The van der Waals surface area contributed by atoms with Gasteiger partial charge in [0.15, 0.2) is 0 Å². The summed E-state index contributed by atoms with van der Waals surface area (Å²) < 4.78 is 64.9. The molecule has 3 aromatic carbocycles. The van der Waals surface area contributed by atoms with Gasteiger partial charge < -0.3 is 29.0 Å². The number of hydrogen-bond acceptors (Lipinski definition) is 9. The second-order valence-corrected chi connectivity index (χ2v) is 15.5.